The van der Waals surface area contributed by atoms with Crippen molar-refractivity contribution in [3.05, 3.63) is 77.6 Å². The minimum atomic E-state index is -3.80. The molecule has 8 heteroatoms. The number of carbonyl (C=O) groups is 1. The van der Waals surface area contributed by atoms with E-state index < -0.39 is 10.0 Å². The minimum absolute atomic E-state index is 0.0359. The van der Waals surface area contributed by atoms with Crippen LogP contribution in [0.5, 0.6) is 0 Å². The van der Waals surface area contributed by atoms with Gasteiger partial charge in [-0.05, 0) is 49.6 Å². The summed E-state index contributed by atoms with van der Waals surface area (Å²) in [5.41, 5.74) is 1.62. The van der Waals surface area contributed by atoms with Crippen LogP contribution in [0.25, 0.3) is 0 Å². The van der Waals surface area contributed by atoms with E-state index in [4.69, 9.17) is 4.52 Å². The maximum Gasteiger partial charge on any atom is 0.263 e. The summed E-state index contributed by atoms with van der Waals surface area (Å²) < 4.78 is 31.9. The van der Waals surface area contributed by atoms with Crippen molar-refractivity contribution in [2.24, 2.45) is 0 Å². The molecule has 28 heavy (non-hydrogen) atoms. The first-order chi connectivity index (χ1) is 13.4. The van der Waals surface area contributed by atoms with Crippen molar-refractivity contribution in [3.63, 3.8) is 0 Å². The number of hydrogen-bond donors (Lipinski definition) is 2. The molecule has 0 aliphatic heterocycles. The molecule has 0 fully saturated rings. The highest BCUT2D eigenvalue weighted by Crippen LogP contribution is 2.16. The van der Waals surface area contributed by atoms with Gasteiger partial charge in [0.2, 0.25) is 0 Å². The summed E-state index contributed by atoms with van der Waals surface area (Å²) in [6.45, 7) is 2.21. The van der Waals surface area contributed by atoms with Gasteiger partial charge in [0.25, 0.3) is 15.9 Å². The van der Waals surface area contributed by atoms with Gasteiger partial charge in [0.05, 0.1) is 4.90 Å². The third kappa shape index (κ3) is 5.20. The molecule has 3 rings (SSSR count). The summed E-state index contributed by atoms with van der Waals surface area (Å²) in [5.74, 6) is 0.367. The lowest BCUT2D eigenvalue weighted by Crippen LogP contribution is -2.24. The average molecular weight is 399 g/mol. The van der Waals surface area contributed by atoms with Gasteiger partial charge in [0.15, 0.2) is 5.82 Å². The van der Waals surface area contributed by atoms with Crippen LogP contribution in [-0.2, 0) is 16.4 Å². The van der Waals surface area contributed by atoms with Gasteiger partial charge >= 0.3 is 0 Å². The van der Waals surface area contributed by atoms with Gasteiger partial charge in [-0.25, -0.2) is 8.42 Å². The molecular weight excluding hydrogens is 378 g/mol. The van der Waals surface area contributed by atoms with Crippen LogP contribution in [0.15, 0.2) is 70.1 Å². The second kappa shape index (κ2) is 8.71. The van der Waals surface area contributed by atoms with Crippen LogP contribution in [0.2, 0.25) is 0 Å². The van der Waals surface area contributed by atoms with E-state index in [1.165, 1.54) is 35.9 Å². The molecule has 7 nitrogen and oxygen atoms in total. The molecular formula is C20H21N3O4S. The van der Waals surface area contributed by atoms with Crippen molar-refractivity contribution < 1.29 is 17.7 Å². The zero-order chi connectivity index (χ0) is 20.0. The maximum absolute atomic E-state index is 12.3. The van der Waals surface area contributed by atoms with E-state index >= 15 is 0 Å². The molecule has 0 radical (unpaired) electrons. The van der Waals surface area contributed by atoms with Crippen LogP contribution in [-0.4, -0.2) is 26.0 Å². The number of nitrogens with zero attached hydrogens (tertiary/aromatic N) is 1. The molecule has 0 saturated carbocycles. The largest absolute Gasteiger partial charge is 0.360 e. The van der Waals surface area contributed by atoms with Crippen LogP contribution in [0.4, 0.5) is 5.82 Å². The van der Waals surface area contributed by atoms with Crippen molar-refractivity contribution in [1.29, 1.82) is 0 Å². The molecule has 1 amide bonds. The van der Waals surface area contributed by atoms with Crippen LogP contribution < -0.4 is 10.0 Å². The number of anilines is 1. The number of rotatable bonds is 8. The van der Waals surface area contributed by atoms with Crippen LogP contribution in [0.1, 0.15) is 28.1 Å². The van der Waals surface area contributed by atoms with Gasteiger partial charge in [0, 0.05) is 18.2 Å². The third-order valence-electron chi connectivity index (χ3n) is 4.06. The summed E-state index contributed by atoms with van der Waals surface area (Å²) in [7, 11) is -3.80. The Bertz CT molecular complexity index is 1030. The number of nitrogens with one attached hydrogen (secondary N) is 2. The van der Waals surface area contributed by atoms with Crippen molar-refractivity contribution >= 4 is 21.7 Å². The van der Waals surface area contributed by atoms with Crippen LogP contribution in [0, 0.1) is 6.92 Å². The van der Waals surface area contributed by atoms with Gasteiger partial charge in [0.1, 0.15) is 5.76 Å². The lowest BCUT2D eigenvalue weighted by atomic mass is 10.1. The summed E-state index contributed by atoms with van der Waals surface area (Å²) in [4.78, 5) is 12.2. The summed E-state index contributed by atoms with van der Waals surface area (Å²) >= 11 is 0. The Balaban J connectivity index is 1.53. The van der Waals surface area contributed by atoms with Gasteiger partial charge < -0.3 is 9.84 Å². The molecule has 0 bridgehead atoms. The number of sulfonamides is 1. The van der Waals surface area contributed by atoms with Gasteiger partial charge in [-0.15, -0.1) is 0 Å². The second-order valence-electron chi connectivity index (χ2n) is 6.30. The van der Waals surface area contributed by atoms with E-state index in [-0.39, 0.29) is 16.6 Å². The fourth-order valence-electron chi connectivity index (χ4n) is 2.64. The van der Waals surface area contributed by atoms with Crippen molar-refractivity contribution in [2.45, 2.75) is 24.7 Å². The smallest absolute Gasteiger partial charge is 0.263 e. The second-order valence-corrected chi connectivity index (χ2v) is 7.98. The Kier molecular flexibility index (Phi) is 6.10. The minimum Gasteiger partial charge on any atom is -0.360 e. The molecule has 2 aromatic carbocycles. The first kappa shape index (κ1) is 19.6. The molecule has 0 spiro atoms. The van der Waals surface area contributed by atoms with Crippen molar-refractivity contribution in [1.82, 2.24) is 10.5 Å². The summed E-state index contributed by atoms with van der Waals surface area (Å²) in [6.07, 6.45) is 1.70. The molecule has 2 N–H and O–H groups in total. The number of carbonyl (C=O) groups excluding carboxylic acids is 1. The fourth-order valence-corrected chi connectivity index (χ4v) is 3.62. The molecule has 1 aromatic heterocycles. The number of amides is 1. The molecule has 146 valence electrons. The zero-order valence-corrected chi connectivity index (χ0v) is 16.2. The summed E-state index contributed by atoms with van der Waals surface area (Å²) in [6, 6.07) is 17.3. The average Bonchev–Trinajstić information content (AvgIpc) is 3.10. The normalized spacial score (nSPS) is 11.2. The Labute approximate surface area is 163 Å². The highest BCUT2D eigenvalue weighted by Gasteiger charge is 2.17. The first-order valence-electron chi connectivity index (χ1n) is 8.82. The molecule has 3 aromatic rings. The zero-order valence-electron chi connectivity index (χ0n) is 15.4. The molecule has 0 unspecified atom stereocenters. The van der Waals surface area contributed by atoms with Gasteiger partial charge in [-0.2, -0.15) is 0 Å². The van der Waals surface area contributed by atoms with E-state index in [9.17, 15) is 13.2 Å². The third-order valence-corrected chi connectivity index (χ3v) is 5.43. The van der Waals surface area contributed by atoms with Crippen LogP contribution >= 0.6 is 0 Å². The molecule has 0 aliphatic rings. The quantitative estimate of drug-likeness (QED) is 0.567. The standard InChI is InChI=1S/C20H21N3O4S/c1-15-14-19(22-27-15)23-28(25,26)18-11-9-17(10-12-18)20(24)21-13-5-8-16-6-3-2-4-7-16/h2-4,6-7,9-12,14H,5,8,13H2,1H3,(H,21,24)(H,22,23). The topological polar surface area (TPSA) is 101 Å². The molecule has 0 saturated heterocycles. The molecule has 0 atom stereocenters. The number of aromatic nitrogens is 1. The SMILES string of the molecule is Cc1cc(NS(=O)(=O)c2ccc(C(=O)NCCCc3ccccc3)cc2)no1. The lowest BCUT2D eigenvalue weighted by Gasteiger charge is -2.08. The van der Waals surface area contributed by atoms with Crippen molar-refractivity contribution in [3.8, 4) is 0 Å². The predicted molar refractivity (Wildman–Crippen MR) is 106 cm³/mol. The summed E-state index contributed by atoms with van der Waals surface area (Å²) in [5, 5.41) is 6.45. The van der Waals surface area contributed by atoms with E-state index in [2.05, 4.69) is 27.3 Å². The van der Waals surface area contributed by atoms with Crippen molar-refractivity contribution in [2.75, 3.05) is 11.3 Å². The molecule has 1 heterocycles. The van der Waals surface area contributed by atoms with Crippen LogP contribution in [0.3, 0.4) is 0 Å². The highest BCUT2D eigenvalue weighted by atomic mass is 32.2. The predicted octanol–water partition coefficient (Wildman–Crippen LogP) is 3.15. The Morgan fingerprint density at radius 2 is 1.79 bits per heavy atom. The molecule has 0 aliphatic carbocycles. The van der Waals surface area contributed by atoms with Gasteiger partial charge in [-0.3, -0.25) is 9.52 Å². The Morgan fingerprint density at radius 3 is 2.43 bits per heavy atom. The maximum atomic E-state index is 12.3. The van der Waals surface area contributed by atoms with Gasteiger partial charge in [-0.1, -0.05) is 35.5 Å². The first-order valence-corrected chi connectivity index (χ1v) is 10.3. The highest BCUT2D eigenvalue weighted by molar-refractivity contribution is 7.92. The van der Waals surface area contributed by atoms with E-state index in [1.807, 2.05) is 18.2 Å². The monoisotopic (exact) mass is 399 g/mol. The number of hydrogen-bond acceptors (Lipinski definition) is 5. The Hall–Kier alpha value is -3.13. The van der Waals surface area contributed by atoms with E-state index in [0.29, 0.717) is 17.9 Å². The fraction of sp³-hybridized carbons (Fsp3) is 0.200. The number of benzene rings is 2. The van der Waals surface area contributed by atoms with E-state index in [0.717, 1.165) is 12.8 Å². The lowest BCUT2D eigenvalue weighted by molar-refractivity contribution is 0.0953. The van der Waals surface area contributed by atoms with E-state index in [1.54, 1.807) is 6.92 Å². The Morgan fingerprint density at radius 1 is 1.07 bits per heavy atom. The number of aryl methyl sites for hydroxylation is 2.